The second-order valence-corrected chi connectivity index (χ2v) is 5.09. The minimum absolute atomic E-state index is 0.0548. The summed E-state index contributed by atoms with van der Waals surface area (Å²) in [4.78, 5) is 11.7. The molecule has 0 saturated carbocycles. The zero-order chi connectivity index (χ0) is 13.2. The highest BCUT2D eigenvalue weighted by molar-refractivity contribution is 9.10. The first-order chi connectivity index (χ1) is 7.84. The number of hydrogen-bond donors (Lipinski definition) is 1. The number of hydrogen-bond acceptors (Lipinski definition) is 2. The fourth-order valence-corrected chi connectivity index (χ4v) is 1.77. The molecule has 2 N–H and O–H groups in total. The van der Waals surface area contributed by atoms with Gasteiger partial charge < -0.3 is 5.73 Å². The van der Waals surface area contributed by atoms with Gasteiger partial charge in [0.05, 0.1) is 10.5 Å². The van der Waals surface area contributed by atoms with Gasteiger partial charge in [-0.3, -0.25) is 4.79 Å². The van der Waals surface area contributed by atoms with Gasteiger partial charge in [0.1, 0.15) is 11.6 Å². The molecule has 0 fully saturated rings. The van der Waals surface area contributed by atoms with Crippen LogP contribution in [0.2, 0.25) is 0 Å². The Morgan fingerprint density at radius 3 is 2.53 bits per heavy atom. The fourth-order valence-electron chi connectivity index (χ4n) is 1.39. The van der Waals surface area contributed by atoms with E-state index in [1.807, 2.05) is 0 Å². The average molecular weight is 306 g/mol. The van der Waals surface area contributed by atoms with Crippen molar-refractivity contribution in [3.63, 3.8) is 0 Å². The fraction of sp³-hybridized carbons (Fsp3) is 0.417. The Morgan fingerprint density at radius 2 is 2.00 bits per heavy atom. The summed E-state index contributed by atoms with van der Waals surface area (Å²) in [6.45, 7) is 3.58. The molecule has 1 rings (SSSR count). The molecule has 0 radical (unpaired) electrons. The molecule has 5 heteroatoms. The van der Waals surface area contributed by atoms with Crippen LogP contribution in [-0.4, -0.2) is 11.8 Å². The molecule has 0 saturated heterocycles. The van der Waals surface area contributed by atoms with Crippen LogP contribution in [0.25, 0.3) is 0 Å². The van der Waals surface area contributed by atoms with E-state index in [2.05, 4.69) is 15.9 Å². The summed E-state index contributed by atoms with van der Waals surface area (Å²) >= 11 is 2.95. The van der Waals surface area contributed by atoms with Crippen LogP contribution in [0, 0.1) is 17.6 Å². The third kappa shape index (κ3) is 3.33. The van der Waals surface area contributed by atoms with Crippen molar-refractivity contribution in [2.45, 2.75) is 26.3 Å². The van der Waals surface area contributed by atoms with Gasteiger partial charge in [0.25, 0.3) is 0 Å². The Labute approximate surface area is 107 Å². The summed E-state index contributed by atoms with van der Waals surface area (Å²) in [5.41, 5.74) is 5.40. The van der Waals surface area contributed by atoms with E-state index < -0.39 is 17.7 Å². The van der Waals surface area contributed by atoms with Gasteiger partial charge in [-0.25, -0.2) is 8.78 Å². The highest BCUT2D eigenvalue weighted by Gasteiger charge is 2.21. The minimum Gasteiger partial charge on any atom is -0.321 e. The number of halogens is 3. The Balaban J connectivity index is 2.96. The largest absolute Gasteiger partial charge is 0.321 e. The summed E-state index contributed by atoms with van der Waals surface area (Å²) in [7, 11) is 0. The molecule has 0 aliphatic heterocycles. The normalized spacial score (nSPS) is 12.9. The lowest BCUT2D eigenvalue weighted by Gasteiger charge is -2.14. The summed E-state index contributed by atoms with van der Waals surface area (Å²) in [5.74, 6) is -1.89. The van der Waals surface area contributed by atoms with Crippen LogP contribution in [0.4, 0.5) is 8.78 Å². The molecule has 0 amide bonds. The second kappa shape index (κ2) is 5.69. The van der Waals surface area contributed by atoms with E-state index in [1.165, 1.54) is 6.07 Å². The van der Waals surface area contributed by atoms with Gasteiger partial charge in [-0.05, 0) is 34.0 Å². The Kier molecular flexibility index (Phi) is 4.77. The SMILES string of the molecule is CC(C)C(N)C(=O)Cc1c(F)ccc(Br)c1F. The third-order valence-electron chi connectivity index (χ3n) is 2.58. The maximum absolute atomic E-state index is 13.6. The summed E-state index contributed by atoms with van der Waals surface area (Å²) in [6.07, 6.45) is -0.323. The van der Waals surface area contributed by atoms with E-state index in [0.29, 0.717) is 0 Å². The van der Waals surface area contributed by atoms with Crippen LogP contribution >= 0.6 is 15.9 Å². The van der Waals surface area contributed by atoms with Gasteiger partial charge >= 0.3 is 0 Å². The van der Waals surface area contributed by atoms with Crippen LogP contribution in [-0.2, 0) is 11.2 Å². The van der Waals surface area contributed by atoms with Crippen molar-refractivity contribution in [1.82, 2.24) is 0 Å². The Morgan fingerprint density at radius 1 is 1.41 bits per heavy atom. The van der Waals surface area contributed by atoms with E-state index in [4.69, 9.17) is 5.73 Å². The van der Waals surface area contributed by atoms with Crippen LogP contribution < -0.4 is 5.73 Å². The van der Waals surface area contributed by atoms with Crippen LogP contribution in [0.5, 0.6) is 0 Å². The highest BCUT2D eigenvalue weighted by atomic mass is 79.9. The Bertz CT molecular complexity index is 435. The van der Waals surface area contributed by atoms with Crippen molar-refractivity contribution in [3.8, 4) is 0 Å². The lowest BCUT2D eigenvalue weighted by molar-refractivity contribution is -0.120. The number of ketones is 1. The first-order valence-electron chi connectivity index (χ1n) is 5.25. The van der Waals surface area contributed by atoms with Gasteiger partial charge in [0, 0.05) is 12.0 Å². The smallest absolute Gasteiger partial charge is 0.154 e. The van der Waals surface area contributed by atoms with Crippen molar-refractivity contribution in [1.29, 1.82) is 0 Å². The molecule has 0 aliphatic rings. The van der Waals surface area contributed by atoms with E-state index >= 15 is 0 Å². The van der Waals surface area contributed by atoms with E-state index in [0.717, 1.165) is 6.07 Å². The minimum atomic E-state index is -0.741. The molecule has 0 bridgehead atoms. The molecule has 1 aromatic carbocycles. The molecule has 0 spiro atoms. The molecule has 2 nitrogen and oxygen atoms in total. The lowest BCUT2D eigenvalue weighted by Crippen LogP contribution is -2.36. The van der Waals surface area contributed by atoms with E-state index in [9.17, 15) is 13.6 Å². The second-order valence-electron chi connectivity index (χ2n) is 4.23. The molecule has 0 aromatic heterocycles. The molecule has 1 unspecified atom stereocenters. The van der Waals surface area contributed by atoms with Crippen molar-refractivity contribution >= 4 is 21.7 Å². The maximum Gasteiger partial charge on any atom is 0.154 e. The summed E-state index contributed by atoms with van der Waals surface area (Å²) < 4.78 is 27.1. The van der Waals surface area contributed by atoms with Crippen molar-refractivity contribution < 1.29 is 13.6 Å². The molecule has 0 heterocycles. The molecule has 0 aliphatic carbocycles. The Hall–Kier alpha value is -0.810. The quantitative estimate of drug-likeness (QED) is 0.869. The van der Waals surface area contributed by atoms with Crippen LogP contribution in [0.1, 0.15) is 19.4 Å². The number of benzene rings is 1. The number of carbonyl (C=O) groups excluding carboxylic acids is 1. The van der Waals surface area contributed by atoms with Crippen LogP contribution in [0.3, 0.4) is 0 Å². The zero-order valence-electron chi connectivity index (χ0n) is 9.64. The number of nitrogens with two attached hydrogens (primary N) is 1. The van der Waals surface area contributed by atoms with Gasteiger partial charge in [-0.2, -0.15) is 0 Å². The van der Waals surface area contributed by atoms with Crippen molar-refractivity contribution in [3.05, 3.63) is 33.8 Å². The molecule has 94 valence electrons. The summed E-state index contributed by atoms with van der Waals surface area (Å²) in [5, 5.41) is 0. The topological polar surface area (TPSA) is 43.1 Å². The van der Waals surface area contributed by atoms with Gasteiger partial charge in [-0.15, -0.1) is 0 Å². The standard InChI is InChI=1S/C12H14BrF2NO/c1-6(2)12(16)10(17)5-7-9(14)4-3-8(13)11(7)15/h3-4,6,12H,5,16H2,1-2H3. The van der Waals surface area contributed by atoms with E-state index in [1.54, 1.807) is 13.8 Å². The monoisotopic (exact) mass is 305 g/mol. The highest BCUT2D eigenvalue weighted by Crippen LogP contribution is 2.22. The van der Waals surface area contributed by atoms with Gasteiger partial charge in [0.15, 0.2) is 5.78 Å². The van der Waals surface area contributed by atoms with Gasteiger partial charge in [0.2, 0.25) is 0 Å². The average Bonchev–Trinajstić information content (AvgIpc) is 2.28. The number of Topliss-reactive ketones (excluding diaryl/α,β-unsaturated/α-hetero) is 1. The first-order valence-corrected chi connectivity index (χ1v) is 6.04. The predicted octanol–water partition coefficient (Wildman–Crippen LogP) is 2.82. The predicted molar refractivity (Wildman–Crippen MR) is 65.6 cm³/mol. The molecular formula is C12H14BrF2NO. The van der Waals surface area contributed by atoms with Gasteiger partial charge in [-0.1, -0.05) is 13.8 Å². The molecular weight excluding hydrogens is 292 g/mol. The molecule has 1 atom stereocenters. The first kappa shape index (κ1) is 14.3. The summed E-state index contributed by atoms with van der Waals surface area (Å²) in [6, 6.07) is 1.69. The van der Waals surface area contributed by atoms with E-state index in [-0.39, 0.29) is 28.2 Å². The zero-order valence-corrected chi connectivity index (χ0v) is 11.2. The third-order valence-corrected chi connectivity index (χ3v) is 3.19. The number of rotatable bonds is 4. The van der Waals surface area contributed by atoms with Crippen molar-refractivity contribution in [2.24, 2.45) is 11.7 Å². The molecule has 1 aromatic rings. The van der Waals surface area contributed by atoms with Crippen molar-refractivity contribution in [2.75, 3.05) is 0 Å². The lowest BCUT2D eigenvalue weighted by atomic mass is 9.96. The van der Waals surface area contributed by atoms with Crippen LogP contribution in [0.15, 0.2) is 16.6 Å². The molecule has 17 heavy (non-hydrogen) atoms. The maximum atomic E-state index is 13.6. The number of carbonyl (C=O) groups is 1.